The van der Waals surface area contributed by atoms with E-state index in [1.165, 1.54) is 25.3 Å². The molecule has 1 heterocycles. The van der Waals surface area contributed by atoms with Crippen LogP contribution < -0.4 is 10.6 Å². The Balaban J connectivity index is 1.87. The molecule has 8 heteroatoms. The molecule has 0 aliphatic carbocycles. The molecule has 1 amide bonds. The number of anilines is 2. The lowest BCUT2D eigenvalue weighted by Crippen LogP contribution is -2.19. The molecule has 0 saturated carbocycles. The molecule has 0 bridgehead atoms. The molecule has 0 spiro atoms. The second kappa shape index (κ2) is 7.45. The van der Waals surface area contributed by atoms with Crippen molar-refractivity contribution in [1.82, 2.24) is 0 Å². The van der Waals surface area contributed by atoms with E-state index < -0.39 is 10.9 Å². The highest BCUT2D eigenvalue weighted by molar-refractivity contribution is 5.96. The molecule has 3 rings (SSSR count). The number of hydrogen-bond donors (Lipinski definition) is 2. The average molecular weight is 369 g/mol. The Kier molecular flexibility index (Phi) is 5.07. The zero-order valence-corrected chi connectivity index (χ0v) is 14.9. The van der Waals surface area contributed by atoms with E-state index in [0.29, 0.717) is 18.5 Å². The number of methoxy groups -OCH3 is 1. The van der Waals surface area contributed by atoms with Crippen molar-refractivity contribution in [2.24, 2.45) is 0 Å². The fourth-order valence-electron chi connectivity index (χ4n) is 3.04. The van der Waals surface area contributed by atoms with Gasteiger partial charge in [0.05, 0.1) is 17.6 Å². The van der Waals surface area contributed by atoms with Crippen LogP contribution in [0.4, 0.5) is 17.1 Å². The molecule has 1 aliphatic rings. The molecule has 0 fully saturated rings. The maximum Gasteiger partial charge on any atom is 0.340 e. The Bertz CT molecular complexity index is 926. The summed E-state index contributed by atoms with van der Waals surface area (Å²) in [5.41, 5.74) is 3.21. The number of rotatable bonds is 5. The van der Waals surface area contributed by atoms with Crippen molar-refractivity contribution >= 4 is 28.9 Å². The summed E-state index contributed by atoms with van der Waals surface area (Å²) in [4.78, 5) is 33.9. The number of nitrogens with one attached hydrogen (secondary N) is 2. The highest BCUT2D eigenvalue weighted by Gasteiger charge is 2.20. The summed E-state index contributed by atoms with van der Waals surface area (Å²) in [6.07, 6.45) is 1.12. The number of ether oxygens (including phenoxy) is 1. The van der Waals surface area contributed by atoms with E-state index in [4.69, 9.17) is 4.74 Å². The summed E-state index contributed by atoms with van der Waals surface area (Å²) in [7, 11) is 1.23. The van der Waals surface area contributed by atoms with Crippen LogP contribution in [0.2, 0.25) is 0 Å². The number of carbonyl (C=O) groups is 2. The maximum atomic E-state index is 12.0. The van der Waals surface area contributed by atoms with Gasteiger partial charge >= 0.3 is 5.97 Å². The first-order valence-electron chi connectivity index (χ1n) is 8.45. The zero-order chi connectivity index (χ0) is 19.6. The summed E-state index contributed by atoms with van der Waals surface area (Å²) in [5, 5.41) is 17.0. The first kappa shape index (κ1) is 18.4. The van der Waals surface area contributed by atoms with E-state index in [2.05, 4.69) is 10.6 Å². The Hall–Kier alpha value is -3.42. The van der Waals surface area contributed by atoms with Crippen molar-refractivity contribution in [1.29, 1.82) is 0 Å². The molecule has 140 valence electrons. The number of amides is 1. The minimum Gasteiger partial charge on any atom is -0.465 e. The monoisotopic (exact) mass is 369 g/mol. The predicted molar refractivity (Wildman–Crippen MR) is 99.9 cm³/mol. The molecule has 27 heavy (non-hydrogen) atoms. The van der Waals surface area contributed by atoms with E-state index in [1.54, 1.807) is 0 Å². The smallest absolute Gasteiger partial charge is 0.340 e. The first-order chi connectivity index (χ1) is 12.9. The van der Waals surface area contributed by atoms with Gasteiger partial charge in [0.15, 0.2) is 0 Å². The third kappa shape index (κ3) is 3.89. The van der Waals surface area contributed by atoms with Crippen LogP contribution in [0.5, 0.6) is 0 Å². The number of fused-ring (bicyclic) bond motifs is 1. The lowest BCUT2D eigenvalue weighted by Gasteiger charge is -2.21. The quantitative estimate of drug-likeness (QED) is 0.474. The second-order valence-corrected chi connectivity index (χ2v) is 6.31. The Morgan fingerprint density at radius 3 is 2.74 bits per heavy atom. The molecule has 1 aliphatic heterocycles. The van der Waals surface area contributed by atoms with Crippen molar-refractivity contribution in [2.75, 3.05) is 17.7 Å². The fourth-order valence-corrected chi connectivity index (χ4v) is 3.04. The van der Waals surface area contributed by atoms with Gasteiger partial charge < -0.3 is 15.4 Å². The first-order valence-corrected chi connectivity index (χ1v) is 8.45. The number of aryl methyl sites for hydroxylation is 1. The van der Waals surface area contributed by atoms with Crippen LogP contribution in [-0.2, 0) is 16.0 Å². The Morgan fingerprint density at radius 2 is 2.04 bits per heavy atom. The Labute approximate surface area is 155 Å². The van der Waals surface area contributed by atoms with Crippen LogP contribution in [0.25, 0.3) is 0 Å². The van der Waals surface area contributed by atoms with Crippen LogP contribution in [0, 0.1) is 10.1 Å². The SMILES string of the molecule is COC(=O)c1cc([N+](=O)[O-])ccc1N[C@@H](C)c1ccc2c(c1)CCC(=O)N2. The minimum absolute atomic E-state index is 0.00928. The van der Waals surface area contributed by atoms with Crippen molar-refractivity contribution in [2.45, 2.75) is 25.8 Å². The normalized spacial score (nSPS) is 13.9. The van der Waals surface area contributed by atoms with Gasteiger partial charge in [0.2, 0.25) is 5.91 Å². The van der Waals surface area contributed by atoms with Crippen LogP contribution in [-0.4, -0.2) is 23.9 Å². The molecule has 0 unspecified atom stereocenters. The number of nitro benzene ring substituents is 1. The molecule has 1 atom stereocenters. The maximum absolute atomic E-state index is 12.0. The van der Waals surface area contributed by atoms with Crippen LogP contribution >= 0.6 is 0 Å². The van der Waals surface area contributed by atoms with Crippen LogP contribution in [0.15, 0.2) is 36.4 Å². The van der Waals surface area contributed by atoms with E-state index in [0.717, 1.165) is 16.8 Å². The standard InChI is InChI=1S/C19H19N3O5/c1-11(12-3-6-16-13(9-12)4-8-18(23)21-16)20-17-7-5-14(22(25)26)10-15(17)19(24)27-2/h3,5-7,9-11,20H,4,8H2,1-2H3,(H,21,23)/t11-/m0/s1. The second-order valence-electron chi connectivity index (χ2n) is 6.31. The number of nitrogens with zero attached hydrogens (tertiary/aromatic N) is 1. The number of carbonyl (C=O) groups excluding carboxylic acids is 2. The third-order valence-corrected chi connectivity index (χ3v) is 4.52. The summed E-state index contributed by atoms with van der Waals surface area (Å²) in [6.45, 7) is 1.92. The molecular weight excluding hydrogens is 350 g/mol. The lowest BCUT2D eigenvalue weighted by atomic mass is 9.97. The average Bonchev–Trinajstić information content (AvgIpc) is 2.66. The number of esters is 1. The van der Waals surface area contributed by atoms with Gasteiger partial charge in [0.1, 0.15) is 0 Å². The van der Waals surface area contributed by atoms with E-state index >= 15 is 0 Å². The highest BCUT2D eigenvalue weighted by atomic mass is 16.6. The number of nitro groups is 1. The number of benzene rings is 2. The zero-order valence-electron chi connectivity index (χ0n) is 14.9. The molecule has 8 nitrogen and oxygen atoms in total. The van der Waals surface area contributed by atoms with E-state index in [1.807, 2.05) is 25.1 Å². The molecule has 2 N–H and O–H groups in total. The third-order valence-electron chi connectivity index (χ3n) is 4.52. The van der Waals surface area contributed by atoms with Gasteiger partial charge in [-0.25, -0.2) is 4.79 Å². The lowest BCUT2D eigenvalue weighted by molar-refractivity contribution is -0.384. The van der Waals surface area contributed by atoms with Crippen LogP contribution in [0.1, 0.15) is 40.9 Å². The summed E-state index contributed by atoms with van der Waals surface area (Å²) in [6, 6.07) is 9.63. The van der Waals surface area contributed by atoms with Gasteiger partial charge in [-0.05, 0) is 36.6 Å². The highest BCUT2D eigenvalue weighted by Crippen LogP contribution is 2.30. The van der Waals surface area contributed by atoms with Crippen LogP contribution in [0.3, 0.4) is 0 Å². The van der Waals surface area contributed by atoms with Gasteiger partial charge in [-0.2, -0.15) is 0 Å². The van der Waals surface area contributed by atoms with Crippen molar-refractivity contribution in [3.63, 3.8) is 0 Å². The topological polar surface area (TPSA) is 111 Å². The molecular formula is C19H19N3O5. The number of hydrogen-bond acceptors (Lipinski definition) is 6. The predicted octanol–water partition coefficient (Wildman–Crippen LogP) is 3.44. The van der Waals surface area contributed by atoms with Crippen molar-refractivity contribution < 1.29 is 19.2 Å². The fraction of sp³-hybridized carbons (Fsp3) is 0.263. The van der Waals surface area contributed by atoms with Crippen molar-refractivity contribution in [3.8, 4) is 0 Å². The minimum atomic E-state index is -0.651. The van der Waals surface area contributed by atoms with Gasteiger partial charge in [0, 0.05) is 36.0 Å². The summed E-state index contributed by atoms with van der Waals surface area (Å²) < 4.78 is 4.74. The number of non-ortho nitro benzene ring substituents is 1. The summed E-state index contributed by atoms with van der Waals surface area (Å²) in [5.74, 6) is -0.642. The Morgan fingerprint density at radius 1 is 1.26 bits per heavy atom. The van der Waals surface area contributed by atoms with Crippen molar-refractivity contribution in [3.05, 3.63) is 63.2 Å². The molecule has 0 radical (unpaired) electrons. The van der Waals surface area contributed by atoms with E-state index in [-0.39, 0.29) is 23.2 Å². The van der Waals surface area contributed by atoms with Gasteiger partial charge in [-0.15, -0.1) is 0 Å². The van der Waals surface area contributed by atoms with E-state index in [9.17, 15) is 19.7 Å². The van der Waals surface area contributed by atoms with Gasteiger partial charge in [0.25, 0.3) is 5.69 Å². The molecule has 2 aromatic rings. The summed E-state index contributed by atoms with van der Waals surface area (Å²) >= 11 is 0. The van der Waals surface area contributed by atoms with Gasteiger partial charge in [-0.3, -0.25) is 14.9 Å². The molecule has 2 aromatic carbocycles. The molecule has 0 saturated heterocycles. The largest absolute Gasteiger partial charge is 0.465 e. The molecule has 0 aromatic heterocycles. The van der Waals surface area contributed by atoms with Gasteiger partial charge in [-0.1, -0.05) is 12.1 Å².